The number of hydrogen-bond donors (Lipinski definition) is 1. The van der Waals surface area contributed by atoms with Gasteiger partial charge in [-0.05, 0) is 31.7 Å². The Morgan fingerprint density at radius 1 is 1.39 bits per heavy atom. The summed E-state index contributed by atoms with van der Waals surface area (Å²) in [5, 5.41) is 7.62. The molecule has 0 radical (unpaired) electrons. The van der Waals surface area contributed by atoms with Crippen LogP contribution in [-0.4, -0.2) is 22.7 Å². The summed E-state index contributed by atoms with van der Waals surface area (Å²) in [7, 11) is 0. The first kappa shape index (κ1) is 13.5. The lowest BCUT2D eigenvalue weighted by atomic mass is 9.85. The zero-order valence-electron chi connectivity index (χ0n) is 11.8. The molecule has 1 aliphatic carbocycles. The van der Waals surface area contributed by atoms with Gasteiger partial charge in [-0.25, -0.2) is 0 Å². The van der Waals surface area contributed by atoms with Crippen molar-refractivity contribution in [2.75, 3.05) is 6.54 Å². The molecule has 102 valence electrons. The summed E-state index contributed by atoms with van der Waals surface area (Å²) in [6, 6.07) is 0.449. The summed E-state index contributed by atoms with van der Waals surface area (Å²) in [5.41, 5.74) is 0. The van der Waals surface area contributed by atoms with Crippen LogP contribution >= 0.6 is 0 Å². The topological polar surface area (TPSA) is 51.0 Å². The van der Waals surface area contributed by atoms with Crippen molar-refractivity contribution in [2.45, 2.75) is 64.8 Å². The van der Waals surface area contributed by atoms with Crippen LogP contribution in [-0.2, 0) is 6.42 Å². The van der Waals surface area contributed by atoms with Crippen LogP contribution in [0, 0.1) is 5.92 Å². The zero-order chi connectivity index (χ0) is 13.0. The van der Waals surface area contributed by atoms with Crippen molar-refractivity contribution in [2.24, 2.45) is 5.92 Å². The molecule has 0 aliphatic heterocycles. The fourth-order valence-electron chi connectivity index (χ4n) is 2.49. The number of nitrogens with one attached hydrogen (secondary N) is 1. The van der Waals surface area contributed by atoms with Crippen molar-refractivity contribution in [3.05, 3.63) is 11.7 Å². The molecule has 0 amide bonds. The summed E-state index contributed by atoms with van der Waals surface area (Å²) in [5.74, 6) is 2.97. The highest BCUT2D eigenvalue weighted by Crippen LogP contribution is 2.34. The summed E-state index contributed by atoms with van der Waals surface area (Å²) in [4.78, 5) is 4.54. The molecule has 2 rings (SSSR count). The molecule has 1 aliphatic rings. The predicted molar refractivity (Wildman–Crippen MR) is 71.5 cm³/mol. The maximum Gasteiger partial charge on any atom is 0.228 e. The molecule has 1 N–H and O–H groups in total. The van der Waals surface area contributed by atoms with Crippen molar-refractivity contribution in [1.82, 2.24) is 15.5 Å². The maximum absolute atomic E-state index is 5.38. The predicted octanol–water partition coefficient (Wildman–Crippen LogP) is 2.90. The molecule has 0 spiro atoms. The van der Waals surface area contributed by atoms with Crippen molar-refractivity contribution in [1.29, 1.82) is 0 Å². The van der Waals surface area contributed by atoms with E-state index in [4.69, 9.17) is 4.52 Å². The number of aromatic nitrogens is 2. The normalized spacial score (nSPS) is 18.0. The Labute approximate surface area is 110 Å². The van der Waals surface area contributed by atoms with Gasteiger partial charge in [0.15, 0.2) is 5.82 Å². The van der Waals surface area contributed by atoms with Crippen LogP contribution in [0.15, 0.2) is 4.52 Å². The van der Waals surface area contributed by atoms with E-state index in [1.54, 1.807) is 0 Å². The second-order valence-corrected chi connectivity index (χ2v) is 5.76. The lowest BCUT2D eigenvalue weighted by Crippen LogP contribution is -2.32. The molecule has 0 bridgehead atoms. The van der Waals surface area contributed by atoms with E-state index in [1.807, 2.05) is 0 Å². The average Bonchev–Trinajstić information content (AvgIpc) is 2.62. The lowest BCUT2D eigenvalue weighted by Gasteiger charge is -2.21. The van der Waals surface area contributed by atoms with Gasteiger partial charge in [0.25, 0.3) is 0 Å². The molecule has 1 heterocycles. The molecule has 4 nitrogen and oxygen atoms in total. The minimum atomic E-state index is 0.449. The summed E-state index contributed by atoms with van der Waals surface area (Å²) in [6.07, 6.45) is 5.76. The fraction of sp³-hybridized carbons (Fsp3) is 0.857. The van der Waals surface area contributed by atoms with Gasteiger partial charge in [-0.15, -0.1) is 0 Å². The van der Waals surface area contributed by atoms with Gasteiger partial charge in [0.2, 0.25) is 5.89 Å². The number of likely N-dealkylation sites (N-methyl/N-ethyl adjacent to an activating group) is 1. The van der Waals surface area contributed by atoms with E-state index in [0.29, 0.717) is 17.9 Å². The van der Waals surface area contributed by atoms with Crippen LogP contribution in [0.3, 0.4) is 0 Å². The van der Waals surface area contributed by atoms with Crippen LogP contribution in [0.2, 0.25) is 0 Å². The Bertz CT molecular complexity index is 358. The second-order valence-electron chi connectivity index (χ2n) is 5.76. The fourth-order valence-corrected chi connectivity index (χ4v) is 2.49. The van der Waals surface area contributed by atoms with Gasteiger partial charge in [0.05, 0.1) is 0 Å². The molecule has 1 aromatic rings. The zero-order valence-corrected chi connectivity index (χ0v) is 11.8. The minimum Gasteiger partial charge on any atom is -0.339 e. The van der Waals surface area contributed by atoms with E-state index in [2.05, 4.69) is 36.2 Å². The molecule has 1 aromatic heterocycles. The van der Waals surface area contributed by atoms with E-state index in [0.717, 1.165) is 31.1 Å². The number of nitrogens with zero attached hydrogens (tertiary/aromatic N) is 2. The van der Waals surface area contributed by atoms with Crippen LogP contribution in [0.4, 0.5) is 0 Å². The third kappa shape index (κ3) is 3.55. The van der Waals surface area contributed by atoms with Crippen LogP contribution in [0.25, 0.3) is 0 Å². The van der Waals surface area contributed by atoms with Crippen molar-refractivity contribution in [3.63, 3.8) is 0 Å². The quantitative estimate of drug-likeness (QED) is 0.809. The molecule has 0 aromatic carbocycles. The van der Waals surface area contributed by atoms with Gasteiger partial charge in [-0.2, -0.15) is 4.98 Å². The molecule has 1 atom stereocenters. The Morgan fingerprint density at radius 3 is 2.72 bits per heavy atom. The SMILES string of the molecule is CCNC(Cc1nc(C2CCC2)no1)CC(C)C. The monoisotopic (exact) mass is 251 g/mol. The molecular formula is C14H25N3O. The third-order valence-corrected chi connectivity index (χ3v) is 3.62. The summed E-state index contributed by atoms with van der Waals surface area (Å²) < 4.78 is 5.38. The second kappa shape index (κ2) is 6.32. The Kier molecular flexibility index (Phi) is 4.75. The van der Waals surface area contributed by atoms with Gasteiger partial charge in [-0.1, -0.05) is 32.3 Å². The highest BCUT2D eigenvalue weighted by Gasteiger charge is 2.25. The minimum absolute atomic E-state index is 0.449. The van der Waals surface area contributed by atoms with E-state index in [-0.39, 0.29) is 0 Å². The van der Waals surface area contributed by atoms with Gasteiger partial charge in [-0.3, -0.25) is 0 Å². The largest absolute Gasteiger partial charge is 0.339 e. The third-order valence-electron chi connectivity index (χ3n) is 3.62. The Hall–Kier alpha value is -0.900. The molecule has 1 fully saturated rings. The molecule has 18 heavy (non-hydrogen) atoms. The van der Waals surface area contributed by atoms with Crippen molar-refractivity contribution < 1.29 is 4.52 Å². The first-order chi connectivity index (χ1) is 8.69. The van der Waals surface area contributed by atoms with Crippen LogP contribution in [0.5, 0.6) is 0 Å². The van der Waals surface area contributed by atoms with Gasteiger partial charge >= 0.3 is 0 Å². The molecule has 0 saturated heterocycles. The summed E-state index contributed by atoms with van der Waals surface area (Å²) >= 11 is 0. The van der Waals surface area contributed by atoms with Gasteiger partial charge in [0, 0.05) is 18.4 Å². The van der Waals surface area contributed by atoms with E-state index >= 15 is 0 Å². The Balaban J connectivity index is 1.90. The molecule has 1 saturated carbocycles. The van der Waals surface area contributed by atoms with Crippen LogP contribution < -0.4 is 5.32 Å². The smallest absolute Gasteiger partial charge is 0.228 e. The van der Waals surface area contributed by atoms with Crippen molar-refractivity contribution in [3.8, 4) is 0 Å². The standard InChI is InChI=1S/C14H25N3O/c1-4-15-12(8-10(2)3)9-13-16-14(17-18-13)11-6-5-7-11/h10-12,15H,4-9H2,1-3H3. The maximum atomic E-state index is 5.38. The summed E-state index contributed by atoms with van der Waals surface area (Å²) in [6.45, 7) is 7.62. The van der Waals surface area contributed by atoms with E-state index in [9.17, 15) is 0 Å². The highest BCUT2D eigenvalue weighted by molar-refractivity contribution is 5.00. The number of rotatable bonds is 7. The Morgan fingerprint density at radius 2 is 2.17 bits per heavy atom. The molecule has 1 unspecified atom stereocenters. The highest BCUT2D eigenvalue weighted by atomic mass is 16.5. The first-order valence-corrected chi connectivity index (χ1v) is 7.25. The first-order valence-electron chi connectivity index (χ1n) is 7.25. The van der Waals surface area contributed by atoms with Crippen LogP contribution in [0.1, 0.15) is 64.1 Å². The number of hydrogen-bond acceptors (Lipinski definition) is 4. The molecule has 4 heteroatoms. The lowest BCUT2D eigenvalue weighted by molar-refractivity contribution is 0.327. The molecular weight excluding hydrogens is 226 g/mol. The van der Waals surface area contributed by atoms with E-state index in [1.165, 1.54) is 19.3 Å². The van der Waals surface area contributed by atoms with Crippen molar-refractivity contribution >= 4 is 0 Å². The van der Waals surface area contributed by atoms with E-state index < -0.39 is 0 Å². The van der Waals surface area contributed by atoms with Gasteiger partial charge in [0.1, 0.15) is 0 Å². The van der Waals surface area contributed by atoms with Gasteiger partial charge < -0.3 is 9.84 Å². The average molecular weight is 251 g/mol.